The first-order chi connectivity index (χ1) is 10.9. The molecule has 0 amide bonds. The third-order valence-corrected chi connectivity index (χ3v) is 21.4. The Hall–Kier alpha value is -0.140. The van der Waals surface area contributed by atoms with Crippen LogP contribution in [0.1, 0.15) is 27.2 Å². The van der Waals surface area contributed by atoms with Crippen molar-refractivity contribution in [3.63, 3.8) is 0 Å². The zero-order valence-corrected chi connectivity index (χ0v) is 20.8. The van der Waals surface area contributed by atoms with Gasteiger partial charge in [0.15, 0.2) is 0 Å². The van der Waals surface area contributed by atoms with Gasteiger partial charge in [0.2, 0.25) is 0 Å². The topological polar surface area (TPSA) is 0 Å². The second-order valence-corrected chi connectivity index (χ2v) is 24.8. The molecule has 0 unspecified atom stereocenters. The Morgan fingerprint density at radius 3 is 2.16 bits per heavy atom. The summed E-state index contributed by atoms with van der Waals surface area (Å²) in [5, 5.41) is 0. The maximum absolute atomic E-state index is 2.54. The van der Waals surface area contributed by atoms with E-state index in [1.807, 2.05) is 3.28 Å². The second kappa shape index (κ2) is 9.18. The predicted molar refractivity (Wildman–Crippen MR) is 115 cm³/mol. The van der Waals surface area contributed by atoms with Gasteiger partial charge in [0.1, 0.15) is 0 Å². The van der Waals surface area contributed by atoms with Gasteiger partial charge < -0.3 is 0 Å². The quantitative estimate of drug-likeness (QED) is 0.446. The SMILES string of the molecule is C[Si](C)=[Zr]([C]1=CC=C(C(C)(C)C)C1)[c]1ccc2cccccc1-2.Cl.Cl. The van der Waals surface area contributed by atoms with Crippen LogP contribution in [0.5, 0.6) is 0 Å². The Morgan fingerprint density at radius 1 is 0.880 bits per heavy atom. The van der Waals surface area contributed by atoms with Crippen molar-refractivity contribution >= 4 is 33.5 Å². The second-order valence-electron chi connectivity index (χ2n) is 7.71. The van der Waals surface area contributed by atoms with Crippen LogP contribution in [0.2, 0.25) is 13.1 Å². The fourth-order valence-electron chi connectivity index (χ4n) is 3.41. The van der Waals surface area contributed by atoms with Gasteiger partial charge in [-0.05, 0) is 0 Å². The fraction of sp³-hybridized carbons (Fsp3) is 0.333. The Labute approximate surface area is 173 Å². The van der Waals surface area contributed by atoms with Gasteiger partial charge in [-0.1, -0.05) is 0 Å². The summed E-state index contributed by atoms with van der Waals surface area (Å²) in [4.78, 5) is 0. The summed E-state index contributed by atoms with van der Waals surface area (Å²) in [7, 11) is 0. The molecule has 134 valence electrons. The number of allylic oxidation sites excluding steroid dienone is 4. The van der Waals surface area contributed by atoms with Gasteiger partial charge in [0.05, 0.1) is 0 Å². The minimum absolute atomic E-state index is 0. The van der Waals surface area contributed by atoms with E-state index in [4.69, 9.17) is 0 Å². The first kappa shape index (κ1) is 22.9. The maximum Gasteiger partial charge on any atom is -0.147 e. The van der Waals surface area contributed by atoms with Gasteiger partial charge in [-0.25, -0.2) is 0 Å². The number of rotatable bonds is 2. The van der Waals surface area contributed by atoms with Crippen molar-refractivity contribution in [2.75, 3.05) is 0 Å². The molecule has 0 aliphatic heterocycles. The smallest absolute Gasteiger partial charge is 0.147 e. The van der Waals surface area contributed by atoms with E-state index in [1.54, 1.807) is 8.84 Å². The van der Waals surface area contributed by atoms with Crippen LogP contribution in [0, 0.1) is 5.41 Å². The average Bonchev–Trinajstić information content (AvgIpc) is 3.02. The van der Waals surface area contributed by atoms with Gasteiger partial charge in [-0.15, -0.1) is 24.8 Å². The fourth-order valence-corrected chi connectivity index (χ4v) is 19.8. The molecule has 0 aromatic heterocycles. The third kappa shape index (κ3) is 4.98. The van der Waals surface area contributed by atoms with E-state index in [9.17, 15) is 0 Å². The average molecular weight is 471 g/mol. The van der Waals surface area contributed by atoms with E-state index < -0.39 is 20.4 Å². The molecule has 0 nitrogen and oxygen atoms in total. The molecule has 0 spiro atoms. The van der Waals surface area contributed by atoms with Gasteiger partial charge >= 0.3 is 149 Å². The molecule has 3 aliphatic carbocycles. The van der Waals surface area contributed by atoms with E-state index in [0.717, 1.165) is 0 Å². The van der Waals surface area contributed by atoms with E-state index in [2.05, 4.69) is 88.5 Å². The molecule has 0 atom stereocenters. The van der Waals surface area contributed by atoms with Crippen LogP contribution >= 0.6 is 24.8 Å². The van der Waals surface area contributed by atoms with Crippen molar-refractivity contribution < 1.29 is 20.4 Å². The van der Waals surface area contributed by atoms with Gasteiger partial charge in [0.25, 0.3) is 0 Å². The molecular weight excluding hydrogens is 442 g/mol. The van der Waals surface area contributed by atoms with Crippen molar-refractivity contribution in [2.24, 2.45) is 5.41 Å². The van der Waals surface area contributed by atoms with Crippen LogP contribution in [0.15, 0.2) is 63.5 Å². The van der Waals surface area contributed by atoms with Crippen molar-refractivity contribution in [3.8, 4) is 11.1 Å². The number of halogens is 2. The van der Waals surface area contributed by atoms with Crippen molar-refractivity contribution in [3.05, 3.63) is 63.5 Å². The van der Waals surface area contributed by atoms with E-state index in [-0.39, 0.29) is 30.2 Å². The van der Waals surface area contributed by atoms with Gasteiger partial charge in [-0.2, -0.15) is 0 Å². The number of fused-ring (bicyclic) bond motifs is 1. The summed E-state index contributed by atoms with van der Waals surface area (Å²) in [5.41, 5.74) is 4.59. The summed E-state index contributed by atoms with van der Waals surface area (Å²) >= 11 is -1.74. The standard InChI is InChI=1S/C10H7.C9H13.C2H6Si.2ClH.Zr/c1-2-5-9-7-4-8-10(9)6-3-1;1-9(2,3)8-6-4-5-7-8;1-3-2;;;/h1-7H;4,6H,7H2,1-3H3;1-2H3;2*1H;. The van der Waals surface area contributed by atoms with Gasteiger partial charge in [0, 0.05) is 0 Å². The van der Waals surface area contributed by atoms with Crippen molar-refractivity contribution in [1.82, 2.24) is 0 Å². The van der Waals surface area contributed by atoms with Crippen LogP contribution in [0.25, 0.3) is 11.1 Å². The zero-order valence-electron chi connectivity index (χ0n) is 15.7. The largest absolute Gasteiger partial charge is 0.147 e. The summed E-state index contributed by atoms with van der Waals surface area (Å²) in [6.45, 7) is 12.1. The van der Waals surface area contributed by atoms with Crippen LogP contribution < -0.4 is 3.27 Å². The van der Waals surface area contributed by atoms with Crippen LogP contribution in [0.4, 0.5) is 0 Å². The molecule has 0 aromatic rings. The Balaban J connectivity index is 0.00000156. The minimum atomic E-state index is -1.74. The monoisotopic (exact) mass is 468 g/mol. The summed E-state index contributed by atoms with van der Waals surface area (Å²) in [6, 6.07) is 15.9. The molecule has 0 N–H and O–H groups in total. The predicted octanol–water partition coefficient (Wildman–Crippen LogP) is 6.39. The van der Waals surface area contributed by atoms with Crippen molar-refractivity contribution in [2.45, 2.75) is 40.3 Å². The minimum Gasteiger partial charge on any atom is -0.147 e. The summed E-state index contributed by atoms with van der Waals surface area (Å²) in [5.74, 6) is 0. The first-order valence-corrected chi connectivity index (χ1v) is 17.1. The molecular formula is C21H28Cl2SiZr. The van der Waals surface area contributed by atoms with E-state index in [0.29, 0.717) is 5.41 Å². The molecule has 3 aliphatic rings. The van der Waals surface area contributed by atoms with E-state index in [1.165, 1.54) is 17.5 Å². The Bertz CT molecular complexity index is 809. The first-order valence-electron chi connectivity index (χ1n) is 8.44. The zero-order chi connectivity index (χ0) is 16.6. The molecule has 0 radical (unpaired) electrons. The molecule has 25 heavy (non-hydrogen) atoms. The molecule has 0 heterocycles. The number of hydrogen-bond acceptors (Lipinski definition) is 0. The van der Waals surface area contributed by atoms with Gasteiger partial charge in [-0.3, -0.25) is 0 Å². The van der Waals surface area contributed by atoms with E-state index >= 15 is 0 Å². The molecule has 4 heteroatoms. The molecule has 3 rings (SSSR count). The number of hydrogen-bond donors (Lipinski definition) is 0. The Kier molecular flexibility index (Phi) is 8.41. The third-order valence-electron chi connectivity index (χ3n) is 4.71. The molecule has 0 aromatic carbocycles. The molecule has 0 fully saturated rings. The van der Waals surface area contributed by atoms with Crippen LogP contribution in [-0.2, 0) is 20.4 Å². The maximum atomic E-state index is 2.54. The van der Waals surface area contributed by atoms with Crippen LogP contribution in [-0.4, -0.2) is 5.43 Å². The normalized spacial score (nSPS) is 13.5. The molecule has 0 saturated heterocycles. The molecule has 0 bridgehead atoms. The van der Waals surface area contributed by atoms with Crippen molar-refractivity contribution in [1.29, 1.82) is 0 Å². The Morgan fingerprint density at radius 2 is 1.56 bits per heavy atom. The molecule has 0 saturated carbocycles. The van der Waals surface area contributed by atoms with Crippen LogP contribution in [0.3, 0.4) is 0 Å². The summed E-state index contributed by atoms with van der Waals surface area (Å²) in [6.07, 6.45) is 6.15. The summed E-state index contributed by atoms with van der Waals surface area (Å²) < 4.78 is 3.54.